The fraction of sp³-hybridized carbons (Fsp3) is 0.542. The van der Waals surface area contributed by atoms with E-state index in [2.05, 4.69) is 47.0 Å². The molecule has 5 heteroatoms. The van der Waals surface area contributed by atoms with Gasteiger partial charge in [-0.1, -0.05) is 19.1 Å². The predicted molar refractivity (Wildman–Crippen MR) is 114 cm³/mol. The number of aromatic nitrogens is 1. The van der Waals surface area contributed by atoms with Gasteiger partial charge in [-0.05, 0) is 68.9 Å². The molecule has 2 atom stereocenters. The fourth-order valence-corrected chi connectivity index (χ4v) is 5.06. The van der Waals surface area contributed by atoms with Gasteiger partial charge in [0.1, 0.15) is 6.07 Å². The van der Waals surface area contributed by atoms with Crippen LogP contribution >= 0.6 is 0 Å². The largest absolute Gasteiger partial charge is 0.342 e. The van der Waals surface area contributed by atoms with Crippen molar-refractivity contribution in [1.29, 1.82) is 5.26 Å². The predicted octanol–water partition coefficient (Wildman–Crippen LogP) is 3.79. The van der Waals surface area contributed by atoms with Crippen molar-refractivity contribution in [3.63, 3.8) is 0 Å². The van der Waals surface area contributed by atoms with Gasteiger partial charge in [-0.2, -0.15) is 5.26 Å². The Bertz CT molecular complexity index is 926. The molecule has 3 heterocycles. The third kappa shape index (κ3) is 4.28. The summed E-state index contributed by atoms with van der Waals surface area (Å²) in [7, 11) is 2.16. The molecule has 29 heavy (non-hydrogen) atoms. The van der Waals surface area contributed by atoms with E-state index in [0.29, 0.717) is 35.6 Å². The summed E-state index contributed by atoms with van der Waals surface area (Å²) in [6, 6.07) is 10.2. The van der Waals surface area contributed by atoms with Crippen molar-refractivity contribution in [3.8, 4) is 6.07 Å². The minimum Gasteiger partial charge on any atom is -0.342 e. The first-order valence-corrected chi connectivity index (χ1v) is 10.8. The van der Waals surface area contributed by atoms with Crippen molar-refractivity contribution in [2.24, 2.45) is 11.8 Å². The smallest absolute Gasteiger partial charge is 0.222 e. The molecule has 1 aromatic heterocycles. The Labute approximate surface area is 173 Å². The molecule has 0 saturated carbocycles. The van der Waals surface area contributed by atoms with E-state index in [1.807, 2.05) is 12.1 Å². The van der Waals surface area contributed by atoms with E-state index in [1.165, 1.54) is 5.56 Å². The number of pyridine rings is 1. The molecule has 0 bridgehead atoms. The maximum Gasteiger partial charge on any atom is 0.222 e. The molecule has 0 aliphatic carbocycles. The summed E-state index contributed by atoms with van der Waals surface area (Å²) < 4.78 is 0. The number of carbonyl (C=O) groups is 1. The topological polar surface area (TPSA) is 60.2 Å². The lowest BCUT2D eigenvalue weighted by Crippen LogP contribution is -2.43. The average molecular weight is 391 g/mol. The molecule has 4 rings (SSSR count). The molecule has 152 valence electrons. The van der Waals surface area contributed by atoms with Gasteiger partial charge in [0.05, 0.1) is 11.1 Å². The van der Waals surface area contributed by atoms with Crippen molar-refractivity contribution in [2.75, 3.05) is 33.2 Å². The van der Waals surface area contributed by atoms with Crippen LogP contribution in [0.5, 0.6) is 0 Å². The van der Waals surface area contributed by atoms with E-state index in [4.69, 9.17) is 0 Å². The monoisotopic (exact) mass is 390 g/mol. The number of hydrogen-bond donors (Lipinski definition) is 0. The van der Waals surface area contributed by atoms with Crippen LogP contribution in [-0.2, 0) is 4.79 Å². The molecule has 2 aromatic rings. The molecule has 1 amide bonds. The lowest BCUT2D eigenvalue weighted by molar-refractivity contribution is -0.134. The third-order valence-electron chi connectivity index (χ3n) is 6.68. The third-order valence-corrected chi connectivity index (χ3v) is 6.68. The van der Waals surface area contributed by atoms with Crippen LogP contribution in [0.3, 0.4) is 0 Å². The SMILES string of the molecule is CC1CC(c2ccc(C#N)c3ncccc23)CN(C(=O)CC2CCN(C)CC2)C1. The summed E-state index contributed by atoms with van der Waals surface area (Å²) in [5, 5.41) is 10.5. The number of nitrogens with zero attached hydrogens (tertiary/aromatic N) is 4. The van der Waals surface area contributed by atoms with Gasteiger partial charge in [-0.25, -0.2) is 0 Å². The lowest BCUT2D eigenvalue weighted by atomic mass is 9.83. The number of benzene rings is 1. The summed E-state index contributed by atoms with van der Waals surface area (Å²) in [4.78, 5) is 22.0. The number of likely N-dealkylation sites (tertiary alicyclic amines) is 2. The van der Waals surface area contributed by atoms with Crippen molar-refractivity contribution < 1.29 is 4.79 Å². The summed E-state index contributed by atoms with van der Waals surface area (Å²) in [6.07, 6.45) is 5.74. The Hall–Kier alpha value is -2.45. The summed E-state index contributed by atoms with van der Waals surface area (Å²) in [5.41, 5.74) is 2.61. The Morgan fingerprint density at radius 1 is 1.24 bits per heavy atom. The standard InChI is InChI=1S/C24H30N4O/c1-17-12-20(21-6-5-19(14-25)24-22(21)4-3-9-26-24)16-28(15-17)23(29)13-18-7-10-27(2)11-8-18/h3-6,9,17-18,20H,7-8,10-13,15-16H2,1-2H3. The number of piperidine rings is 2. The first-order valence-electron chi connectivity index (χ1n) is 10.8. The second-order valence-electron chi connectivity index (χ2n) is 9.00. The minimum absolute atomic E-state index is 0.291. The molecule has 0 spiro atoms. The molecule has 0 radical (unpaired) electrons. The Balaban J connectivity index is 1.53. The first-order chi connectivity index (χ1) is 14.0. The number of carbonyl (C=O) groups excluding carboxylic acids is 1. The maximum absolute atomic E-state index is 13.1. The summed E-state index contributed by atoms with van der Waals surface area (Å²) in [6.45, 7) is 6.06. The number of amides is 1. The highest BCUT2D eigenvalue weighted by Crippen LogP contribution is 2.35. The maximum atomic E-state index is 13.1. The molecule has 2 saturated heterocycles. The molecule has 2 aliphatic heterocycles. The number of rotatable bonds is 3. The first kappa shape index (κ1) is 19.8. The zero-order chi connectivity index (χ0) is 20.4. The molecule has 5 nitrogen and oxygen atoms in total. The van der Waals surface area contributed by atoms with Gasteiger partial charge in [-0.3, -0.25) is 9.78 Å². The Morgan fingerprint density at radius 2 is 2.03 bits per heavy atom. The fourth-order valence-electron chi connectivity index (χ4n) is 5.06. The molecular formula is C24H30N4O. The van der Waals surface area contributed by atoms with Gasteiger partial charge >= 0.3 is 0 Å². The van der Waals surface area contributed by atoms with E-state index in [0.717, 1.165) is 56.3 Å². The second kappa shape index (κ2) is 8.51. The van der Waals surface area contributed by atoms with Crippen LogP contribution in [0.25, 0.3) is 10.9 Å². The van der Waals surface area contributed by atoms with E-state index >= 15 is 0 Å². The van der Waals surface area contributed by atoms with Crippen LogP contribution in [0.15, 0.2) is 30.5 Å². The van der Waals surface area contributed by atoms with Crippen LogP contribution in [0.2, 0.25) is 0 Å². The zero-order valence-corrected chi connectivity index (χ0v) is 17.5. The molecule has 2 fully saturated rings. The number of fused-ring (bicyclic) bond motifs is 1. The molecular weight excluding hydrogens is 360 g/mol. The minimum atomic E-state index is 0.291. The van der Waals surface area contributed by atoms with Gasteiger partial charge in [-0.15, -0.1) is 0 Å². The van der Waals surface area contributed by atoms with Crippen molar-refractivity contribution in [2.45, 2.75) is 38.5 Å². The van der Waals surface area contributed by atoms with Gasteiger partial charge in [0.15, 0.2) is 0 Å². The average Bonchev–Trinajstić information content (AvgIpc) is 2.74. The van der Waals surface area contributed by atoms with Gasteiger partial charge in [0.2, 0.25) is 5.91 Å². The second-order valence-corrected chi connectivity index (χ2v) is 9.00. The van der Waals surface area contributed by atoms with Crippen LogP contribution in [0, 0.1) is 23.2 Å². The van der Waals surface area contributed by atoms with E-state index < -0.39 is 0 Å². The van der Waals surface area contributed by atoms with Crippen molar-refractivity contribution in [1.82, 2.24) is 14.8 Å². The van der Waals surface area contributed by atoms with Gasteiger partial charge in [0.25, 0.3) is 0 Å². The van der Waals surface area contributed by atoms with Gasteiger partial charge < -0.3 is 9.80 Å². The van der Waals surface area contributed by atoms with E-state index in [-0.39, 0.29) is 0 Å². The van der Waals surface area contributed by atoms with Crippen LogP contribution in [-0.4, -0.2) is 53.9 Å². The quantitative estimate of drug-likeness (QED) is 0.800. The lowest BCUT2D eigenvalue weighted by Gasteiger charge is -2.38. The van der Waals surface area contributed by atoms with Gasteiger partial charge in [0, 0.05) is 37.0 Å². The van der Waals surface area contributed by atoms with Crippen LogP contribution in [0.4, 0.5) is 0 Å². The van der Waals surface area contributed by atoms with Crippen LogP contribution in [0.1, 0.15) is 49.7 Å². The number of hydrogen-bond acceptors (Lipinski definition) is 4. The highest BCUT2D eigenvalue weighted by molar-refractivity contribution is 5.87. The van der Waals surface area contributed by atoms with E-state index in [9.17, 15) is 10.1 Å². The number of nitriles is 1. The molecule has 0 N–H and O–H groups in total. The Kier molecular flexibility index (Phi) is 5.82. The van der Waals surface area contributed by atoms with Crippen LogP contribution < -0.4 is 0 Å². The zero-order valence-electron chi connectivity index (χ0n) is 17.5. The van der Waals surface area contributed by atoms with Crippen molar-refractivity contribution >= 4 is 16.8 Å². The highest BCUT2D eigenvalue weighted by atomic mass is 16.2. The van der Waals surface area contributed by atoms with Crippen molar-refractivity contribution in [3.05, 3.63) is 41.6 Å². The molecule has 2 unspecified atom stereocenters. The van der Waals surface area contributed by atoms with E-state index in [1.54, 1.807) is 6.20 Å². The summed E-state index contributed by atoms with van der Waals surface area (Å²) >= 11 is 0. The molecule has 1 aromatic carbocycles. The summed E-state index contributed by atoms with van der Waals surface area (Å²) in [5.74, 6) is 1.60. The highest BCUT2D eigenvalue weighted by Gasteiger charge is 2.31. The Morgan fingerprint density at radius 3 is 2.79 bits per heavy atom. The molecule has 2 aliphatic rings. The normalized spacial score (nSPS) is 23.8.